The van der Waals surface area contributed by atoms with Crippen LogP contribution < -0.4 is 0 Å². The molecular formula is C21H30O2. The summed E-state index contributed by atoms with van der Waals surface area (Å²) in [6.45, 7) is 6.56. The SMILES string of the molecule is CC(=O)OC1=CC2=CCC3C(CC[C@@]4(C)C3CC[C@@H]4C)C2CC1. The van der Waals surface area contributed by atoms with E-state index in [4.69, 9.17) is 4.74 Å². The van der Waals surface area contributed by atoms with Crippen LogP contribution in [0.3, 0.4) is 0 Å². The third-order valence-corrected chi connectivity index (χ3v) is 7.84. The lowest BCUT2D eigenvalue weighted by Crippen LogP contribution is -2.45. The molecule has 4 aliphatic rings. The van der Waals surface area contributed by atoms with Crippen LogP contribution in [0.25, 0.3) is 0 Å². The van der Waals surface area contributed by atoms with Crippen molar-refractivity contribution in [3.8, 4) is 0 Å². The first-order chi connectivity index (χ1) is 11.0. The summed E-state index contributed by atoms with van der Waals surface area (Å²) in [4.78, 5) is 11.2. The molecule has 0 amide bonds. The molecule has 2 saturated carbocycles. The van der Waals surface area contributed by atoms with E-state index in [9.17, 15) is 4.79 Å². The molecule has 4 aliphatic carbocycles. The van der Waals surface area contributed by atoms with Crippen molar-refractivity contribution in [3.05, 3.63) is 23.5 Å². The third-order valence-electron chi connectivity index (χ3n) is 7.84. The Balaban J connectivity index is 1.58. The van der Waals surface area contributed by atoms with E-state index in [0.717, 1.165) is 35.9 Å². The summed E-state index contributed by atoms with van der Waals surface area (Å²) in [5.74, 6) is 5.03. The van der Waals surface area contributed by atoms with E-state index in [1.165, 1.54) is 51.0 Å². The van der Waals surface area contributed by atoms with Crippen molar-refractivity contribution in [3.63, 3.8) is 0 Å². The number of carbonyl (C=O) groups is 1. The predicted molar refractivity (Wildman–Crippen MR) is 91.5 cm³/mol. The zero-order chi connectivity index (χ0) is 16.2. The summed E-state index contributed by atoms with van der Waals surface area (Å²) in [5.41, 5.74) is 2.06. The summed E-state index contributed by atoms with van der Waals surface area (Å²) < 4.78 is 5.36. The molecule has 2 fully saturated rings. The van der Waals surface area contributed by atoms with Gasteiger partial charge < -0.3 is 4.74 Å². The van der Waals surface area contributed by atoms with Gasteiger partial charge in [0.15, 0.2) is 0 Å². The molecule has 0 saturated heterocycles. The van der Waals surface area contributed by atoms with Gasteiger partial charge in [0.2, 0.25) is 0 Å². The summed E-state index contributed by atoms with van der Waals surface area (Å²) in [6.07, 6.45) is 13.7. The highest BCUT2D eigenvalue weighted by Crippen LogP contribution is 2.62. The first-order valence-electron chi connectivity index (χ1n) is 9.58. The van der Waals surface area contributed by atoms with Gasteiger partial charge in [-0.15, -0.1) is 0 Å². The second-order valence-electron chi connectivity index (χ2n) is 8.75. The molecular weight excluding hydrogens is 284 g/mol. The summed E-state index contributed by atoms with van der Waals surface area (Å²) in [6, 6.07) is 0. The Morgan fingerprint density at radius 3 is 2.83 bits per heavy atom. The topological polar surface area (TPSA) is 26.3 Å². The molecule has 0 spiro atoms. The summed E-state index contributed by atoms with van der Waals surface area (Å²) >= 11 is 0. The predicted octanol–water partition coefficient (Wildman–Crippen LogP) is 5.25. The van der Waals surface area contributed by atoms with E-state index in [1.54, 1.807) is 0 Å². The smallest absolute Gasteiger partial charge is 0.307 e. The minimum Gasteiger partial charge on any atom is -0.431 e. The van der Waals surface area contributed by atoms with Crippen LogP contribution in [-0.4, -0.2) is 5.97 Å². The Bertz CT molecular complexity index is 572. The van der Waals surface area contributed by atoms with Crippen LogP contribution in [0.1, 0.15) is 65.7 Å². The van der Waals surface area contributed by atoms with Crippen LogP contribution in [0.4, 0.5) is 0 Å². The number of hydrogen-bond donors (Lipinski definition) is 0. The van der Waals surface area contributed by atoms with Crippen molar-refractivity contribution >= 4 is 5.97 Å². The van der Waals surface area contributed by atoms with Gasteiger partial charge in [-0.05, 0) is 85.2 Å². The Labute approximate surface area is 140 Å². The van der Waals surface area contributed by atoms with Gasteiger partial charge in [0, 0.05) is 13.3 Å². The minimum atomic E-state index is -0.183. The fraction of sp³-hybridized carbons (Fsp3) is 0.762. The minimum absolute atomic E-state index is 0.183. The lowest BCUT2D eigenvalue weighted by atomic mass is 9.52. The summed E-state index contributed by atoms with van der Waals surface area (Å²) in [5, 5.41) is 0. The second-order valence-corrected chi connectivity index (χ2v) is 8.75. The Hall–Kier alpha value is -1.05. The van der Waals surface area contributed by atoms with E-state index in [-0.39, 0.29) is 5.97 Å². The molecule has 126 valence electrons. The second kappa shape index (κ2) is 5.50. The molecule has 0 aromatic carbocycles. The molecule has 6 atom stereocenters. The molecule has 0 aromatic rings. The number of ether oxygens (including phenoxy) is 1. The van der Waals surface area contributed by atoms with Crippen LogP contribution in [0.15, 0.2) is 23.5 Å². The quantitative estimate of drug-likeness (QED) is 0.618. The van der Waals surface area contributed by atoms with Crippen LogP contribution >= 0.6 is 0 Å². The van der Waals surface area contributed by atoms with Crippen molar-refractivity contribution in [1.82, 2.24) is 0 Å². The van der Waals surface area contributed by atoms with Crippen LogP contribution in [0.2, 0.25) is 0 Å². The number of esters is 1. The average molecular weight is 314 g/mol. The fourth-order valence-corrected chi connectivity index (χ4v) is 6.46. The van der Waals surface area contributed by atoms with E-state index in [0.29, 0.717) is 11.3 Å². The maximum absolute atomic E-state index is 11.2. The maximum atomic E-state index is 11.2. The molecule has 23 heavy (non-hydrogen) atoms. The molecule has 2 heteroatoms. The molecule has 0 heterocycles. The molecule has 0 bridgehead atoms. The average Bonchev–Trinajstić information content (AvgIpc) is 2.82. The Morgan fingerprint density at radius 1 is 1.22 bits per heavy atom. The Morgan fingerprint density at radius 2 is 2.04 bits per heavy atom. The molecule has 4 unspecified atom stereocenters. The number of hydrogen-bond acceptors (Lipinski definition) is 2. The normalized spacial score (nSPS) is 45.3. The third kappa shape index (κ3) is 2.40. The zero-order valence-electron chi connectivity index (χ0n) is 14.8. The highest BCUT2D eigenvalue weighted by atomic mass is 16.5. The molecule has 0 N–H and O–H groups in total. The van der Waals surface area contributed by atoms with Gasteiger partial charge in [-0.2, -0.15) is 0 Å². The van der Waals surface area contributed by atoms with E-state index in [1.807, 2.05) is 0 Å². The van der Waals surface area contributed by atoms with E-state index >= 15 is 0 Å². The number of carbonyl (C=O) groups excluding carboxylic acids is 1. The molecule has 4 rings (SSSR count). The van der Waals surface area contributed by atoms with E-state index < -0.39 is 0 Å². The fourth-order valence-electron chi connectivity index (χ4n) is 6.46. The first-order valence-corrected chi connectivity index (χ1v) is 9.58. The lowest BCUT2D eigenvalue weighted by molar-refractivity contribution is -0.137. The van der Waals surface area contributed by atoms with Gasteiger partial charge in [-0.1, -0.05) is 19.9 Å². The maximum Gasteiger partial charge on any atom is 0.307 e. The van der Waals surface area contributed by atoms with Gasteiger partial charge in [-0.25, -0.2) is 0 Å². The van der Waals surface area contributed by atoms with Gasteiger partial charge in [0.25, 0.3) is 0 Å². The zero-order valence-corrected chi connectivity index (χ0v) is 14.8. The molecule has 0 aromatic heterocycles. The lowest BCUT2D eigenvalue weighted by Gasteiger charge is -2.52. The summed E-state index contributed by atoms with van der Waals surface area (Å²) in [7, 11) is 0. The van der Waals surface area contributed by atoms with Gasteiger partial charge in [-0.3, -0.25) is 4.79 Å². The van der Waals surface area contributed by atoms with Gasteiger partial charge >= 0.3 is 5.97 Å². The van der Waals surface area contributed by atoms with Crippen molar-refractivity contribution in [2.45, 2.75) is 65.7 Å². The van der Waals surface area contributed by atoms with E-state index in [2.05, 4.69) is 26.0 Å². The van der Waals surface area contributed by atoms with Crippen LogP contribution in [0, 0.1) is 35.0 Å². The van der Waals surface area contributed by atoms with Crippen molar-refractivity contribution in [2.24, 2.45) is 35.0 Å². The largest absolute Gasteiger partial charge is 0.431 e. The van der Waals surface area contributed by atoms with Crippen molar-refractivity contribution < 1.29 is 9.53 Å². The standard InChI is InChI=1S/C21H30O2/c1-13-4-9-20-19-7-5-15-12-16(23-14(2)22)6-8-17(15)18(19)10-11-21(13,20)3/h5,12-13,17-20H,4,6-11H2,1-3H3/t13-,17?,18?,19?,20?,21+/m0/s1. The Kier molecular flexibility index (Phi) is 3.70. The first kappa shape index (κ1) is 15.5. The van der Waals surface area contributed by atoms with Gasteiger partial charge in [0.1, 0.15) is 5.76 Å². The van der Waals surface area contributed by atoms with Crippen molar-refractivity contribution in [1.29, 1.82) is 0 Å². The molecule has 0 radical (unpaired) electrons. The van der Waals surface area contributed by atoms with Gasteiger partial charge in [0.05, 0.1) is 0 Å². The highest BCUT2D eigenvalue weighted by Gasteiger charge is 2.54. The van der Waals surface area contributed by atoms with Crippen LogP contribution in [-0.2, 0) is 9.53 Å². The molecule has 2 nitrogen and oxygen atoms in total. The number of allylic oxidation sites excluding steroid dienone is 4. The number of rotatable bonds is 1. The van der Waals surface area contributed by atoms with Crippen molar-refractivity contribution in [2.75, 3.05) is 0 Å². The number of fused-ring (bicyclic) bond motifs is 5. The monoisotopic (exact) mass is 314 g/mol. The van der Waals surface area contributed by atoms with Crippen LogP contribution in [0.5, 0.6) is 0 Å². The molecule has 0 aliphatic heterocycles. The highest BCUT2D eigenvalue weighted by molar-refractivity contribution is 5.67.